The van der Waals surface area contributed by atoms with Crippen LogP contribution in [-0.2, 0) is 4.18 Å². The minimum atomic E-state index is -0.205. The van der Waals surface area contributed by atoms with Crippen molar-refractivity contribution in [3.8, 4) is 0 Å². The van der Waals surface area contributed by atoms with Crippen molar-refractivity contribution >= 4 is 28.4 Å². The predicted molar refractivity (Wildman–Crippen MR) is 41.0 cm³/mol. The molecule has 0 heterocycles. The van der Waals surface area contributed by atoms with E-state index in [1.165, 1.54) is 0 Å². The molecule has 0 spiro atoms. The Bertz CT molecular complexity index is 88.6. The average molecular weight is 167 g/mol. The first-order valence-corrected chi connectivity index (χ1v) is 4.13. The van der Waals surface area contributed by atoms with Crippen LogP contribution in [-0.4, -0.2) is 11.1 Å². The Kier molecular flexibility index (Phi) is 6.62. The van der Waals surface area contributed by atoms with E-state index in [1.54, 1.807) is 0 Å². The van der Waals surface area contributed by atoms with Crippen LogP contribution in [0.15, 0.2) is 0 Å². The standard InChI is InChI=1S/C4H9NO2S2/c1-2-3-7-9-4(6)8-5/h2-3,5H2,1H3. The van der Waals surface area contributed by atoms with Crippen molar-refractivity contribution < 1.29 is 8.98 Å². The zero-order chi connectivity index (χ0) is 7.11. The molecule has 0 aliphatic carbocycles. The summed E-state index contributed by atoms with van der Waals surface area (Å²) in [6, 6.07) is 0. The van der Waals surface area contributed by atoms with Crippen LogP contribution < -0.4 is 5.14 Å². The monoisotopic (exact) mass is 167 g/mol. The summed E-state index contributed by atoms with van der Waals surface area (Å²) in [7, 11) is 0. The van der Waals surface area contributed by atoms with Crippen LogP contribution >= 0.6 is 24.0 Å². The molecule has 0 saturated heterocycles. The number of carbonyl (C=O) groups is 1. The summed E-state index contributed by atoms with van der Waals surface area (Å²) in [4.78, 5) is 10.4. The van der Waals surface area contributed by atoms with Gasteiger partial charge in [-0.25, -0.2) is 0 Å². The van der Waals surface area contributed by atoms with Crippen LogP contribution in [0.3, 0.4) is 0 Å². The highest BCUT2D eigenvalue weighted by Crippen LogP contribution is 2.12. The molecular weight excluding hydrogens is 158 g/mol. The second kappa shape index (κ2) is 6.41. The molecule has 0 aliphatic rings. The third kappa shape index (κ3) is 6.17. The molecule has 0 fully saturated rings. The van der Waals surface area contributed by atoms with Crippen molar-refractivity contribution in [3.63, 3.8) is 0 Å². The second-order valence-electron chi connectivity index (χ2n) is 1.27. The molecule has 0 rings (SSSR count). The van der Waals surface area contributed by atoms with Crippen LogP contribution in [0.2, 0.25) is 0 Å². The van der Waals surface area contributed by atoms with E-state index in [-0.39, 0.29) is 4.45 Å². The minimum Gasteiger partial charge on any atom is -0.307 e. The van der Waals surface area contributed by atoms with Gasteiger partial charge >= 0.3 is 0 Å². The molecule has 3 nitrogen and oxygen atoms in total. The van der Waals surface area contributed by atoms with Gasteiger partial charge in [-0.05, 0) is 6.42 Å². The third-order valence-electron chi connectivity index (χ3n) is 0.511. The molecule has 0 aromatic heterocycles. The predicted octanol–water partition coefficient (Wildman–Crippen LogP) is 1.79. The molecule has 0 aromatic rings. The lowest BCUT2D eigenvalue weighted by Gasteiger charge is -1.94. The van der Waals surface area contributed by atoms with Crippen LogP contribution in [0.4, 0.5) is 4.79 Å². The van der Waals surface area contributed by atoms with Crippen molar-refractivity contribution in [2.24, 2.45) is 5.14 Å². The molecule has 54 valence electrons. The molecule has 0 aromatic carbocycles. The average Bonchev–Trinajstić information content (AvgIpc) is 1.89. The van der Waals surface area contributed by atoms with Crippen LogP contribution in [0.5, 0.6) is 0 Å². The Morgan fingerprint density at radius 3 is 2.89 bits per heavy atom. The fraction of sp³-hybridized carbons (Fsp3) is 0.750. The molecule has 9 heavy (non-hydrogen) atoms. The highest BCUT2D eigenvalue weighted by Gasteiger charge is 1.98. The number of hydrogen-bond donors (Lipinski definition) is 1. The van der Waals surface area contributed by atoms with Crippen LogP contribution in [0, 0.1) is 0 Å². The first-order chi connectivity index (χ1) is 4.31. The Hall–Kier alpha value is 0.290. The molecule has 2 N–H and O–H groups in total. The third-order valence-corrected chi connectivity index (χ3v) is 1.62. The lowest BCUT2D eigenvalue weighted by atomic mass is 10.5. The molecule has 0 bridgehead atoms. The Morgan fingerprint density at radius 2 is 2.44 bits per heavy atom. The van der Waals surface area contributed by atoms with E-state index in [0.717, 1.165) is 18.5 Å². The topological polar surface area (TPSA) is 52.3 Å². The van der Waals surface area contributed by atoms with Gasteiger partial charge in [0.05, 0.1) is 18.6 Å². The van der Waals surface area contributed by atoms with Gasteiger partial charge in [-0.2, -0.15) is 0 Å². The maximum absolute atomic E-state index is 10.4. The van der Waals surface area contributed by atoms with Crippen LogP contribution in [0.1, 0.15) is 13.3 Å². The Labute approximate surface area is 63.0 Å². The van der Waals surface area contributed by atoms with Gasteiger partial charge in [-0.1, -0.05) is 6.92 Å². The summed E-state index contributed by atoms with van der Waals surface area (Å²) in [6.07, 6.45) is 0.912. The quantitative estimate of drug-likeness (QED) is 0.394. The zero-order valence-electron chi connectivity index (χ0n) is 5.12. The molecular formula is C4H9NO2S2. The van der Waals surface area contributed by atoms with Gasteiger partial charge in [-0.15, -0.1) is 0 Å². The SMILES string of the molecule is CCCOSC(=O)SN. The normalized spacial score (nSPS) is 9.56. The summed E-state index contributed by atoms with van der Waals surface area (Å²) in [5.41, 5.74) is 0. The largest absolute Gasteiger partial charge is 0.307 e. The van der Waals surface area contributed by atoms with Gasteiger partial charge < -0.3 is 4.18 Å². The van der Waals surface area contributed by atoms with Crippen LogP contribution in [0.25, 0.3) is 0 Å². The highest BCUT2D eigenvalue weighted by atomic mass is 32.2. The van der Waals surface area contributed by atoms with Crippen molar-refractivity contribution in [3.05, 3.63) is 0 Å². The van der Waals surface area contributed by atoms with E-state index in [9.17, 15) is 4.79 Å². The lowest BCUT2D eigenvalue weighted by molar-refractivity contribution is 0.273. The summed E-state index contributed by atoms with van der Waals surface area (Å²) in [5.74, 6) is 0. The number of rotatable bonds is 3. The fourth-order valence-corrected chi connectivity index (χ4v) is 0.840. The van der Waals surface area contributed by atoms with Gasteiger partial charge in [-0.3, -0.25) is 9.93 Å². The van der Waals surface area contributed by atoms with Gasteiger partial charge in [0.15, 0.2) is 0 Å². The van der Waals surface area contributed by atoms with E-state index < -0.39 is 0 Å². The molecule has 0 amide bonds. The number of nitrogens with two attached hydrogens (primary N) is 1. The van der Waals surface area contributed by atoms with Crippen molar-refractivity contribution in [2.75, 3.05) is 6.61 Å². The molecule has 5 heteroatoms. The molecule has 0 unspecified atom stereocenters. The van der Waals surface area contributed by atoms with Gasteiger partial charge in [0.25, 0.3) is 4.45 Å². The highest BCUT2D eigenvalue weighted by molar-refractivity contribution is 8.35. The summed E-state index contributed by atoms with van der Waals surface area (Å²) in [5, 5.41) is 4.92. The van der Waals surface area contributed by atoms with Gasteiger partial charge in [0.1, 0.15) is 0 Å². The van der Waals surface area contributed by atoms with Crippen molar-refractivity contribution in [2.45, 2.75) is 13.3 Å². The zero-order valence-corrected chi connectivity index (χ0v) is 6.76. The maximum atomic E-state index is 10.4. The minimum absolute atomic E-state index is 0.205. The van der Waals surface area contributed by atoms with E-state index in [2.05, 4.69) is 0 Å². The summed E-state index contributed by atoms with van der Waals surface area (Å²) >= 11 is 1.47. The summed E-state index contributed by atoms with van der Waals surface area (Å²) in [6.45, 7) is 2.57. The molecule has 0 aliphatic heterocycles. The van der Waals surface area contributed by atoms with Crippen molar-refractivity contribution in [1.82, 2.24) is 0 Å². The van der Waals surface area contributed by atoms with E-state index in [4.69, 9.17) is 9.32 Å². The van der Waals surface area contributed by atoms with Gasteiger partial charge in [0, 0.05) is 11.9 Å². The number of carbonyl (C=O) groups excluding carboxylic acids is 1. The first-order valence-electron chi connectivity index (χ1n) is 2.51. The Morgan fingerprint density at radius 1 is 1.78 bits per heavy atom. The van der Waals surface area contributed by atoms with E-state index in [0.29, 0.717) is 18.6 Å². The first kappa shape index (κ1) is 9.29. The second-order valence-corrected chi connectivity index (χ2v) is 2.91. The Balaban J connectivity index is 2.97. The maximum Gasteiger partial charge on any atom is 0.287 e. The molecule has 0 atom stereocenters. The van der Waals surface area contributed by atoms with E-state index in [1.807, 2.05) is 6.92 Å². The molecule has 0 radical (unpaired) electrons. The van der Waals surface area contributed by atoms with Crippen molar-refractivity contribution in [1.29, 1.82) is 0 Å². The number of hydrogen-bond acceptors (Lipinski definition) is 5. The fourth-order valence-electron chi connectivity index (χ4n) is 0.193. The smallest absolute Gasteiger partial charge is 0.287 e. The molecule has 0 saturated carbocycles. The lowest BCUT2D eigenvalue weighted by Crippen LogP contribution is -1.90. The van der Waals surface area contributed by atoms with E-state index >= 15 is 0 Å². The van der Waals surface area contributed by atoms with Gasteiger partial charge in [0.2, 0.25) is 0 Å². The summed E-state index contributed by atoms with van der Waals surface area (Å²) < 4.78 is 4.60.